The van der Waals surface area contributed by atoms with Gasteiger partial charge >= 0.3 is 6.55 Å². The summed E-state index contributed by atoms with van der Waals surface area (Å²) in [5.74, 6) is -2.78. The number of aromatic nitrogens is 2. The van der Waals surface area contributed by atoms with Gasteiger partial charge in [0.1, 0.15) is 17.3 Å². The first-order valence-electron chi connectivity index (χ1n) is 5.07. The maximum Gasteiger partial charge on any atom is 0.333 e. The number of hydrogen-bond donors (Lipinski definition) is 1. The van der Waals surface area contributed by atoms with Crippen molar-refractivity contribution in [1.29, 1.82) is 0 Å². The fourth-order valence-electron chi connectivity index (χ4n) is 1.43. The van der Waals surface area contributed by atoms with E-state index in [1.54, 1.807) is 0 Å². The number of rotatable bonds is 3. The number of anilines is 1. The van der Waals surface area contributed by atoms with Crippen LogP contribution in [-0.4, -0.2) is 15.7 Å². The average Bonchev–Trinajstić information content (AvgIpc) is 2.82. The topological polar surface area (TPSA) is 46.9 Å². The van der Waals surface area contributed by atoms with Gasteiger partial charge in [0, 0.05) is 12.3 Å². The van der Waals surface area contributed by atoms with Gasteiger partial charge in [-0.25, -0.2) is 8.78 Å². The minimum Gasteiger partial charge on any atom is -0.318 e. The Morgan fingerprint density at radius 2 is 2.00 bits per heavy atom. The highest BCUT2D eigenvalue weighted by Gasteiger charge is 2.18. The third kappa shape index (κ3) is 2.72. The summed E-state index contributed by atoms with van der Waals surface area (Å²) >= 11 is 0. The van der Waals surface area contributed by atoms with Crippen LogP contribution >= 0.6 is 0 Å². The summed E-state index contributed by atoms with van der Waals surface area (Å²) in [4.78, 5) is 11.7. The molecular formula is C11H7F4N3O. The Kier molecular flexibility index (Phi) is 3.50. The van der Waals surface area contributed by atoms with Crippen molar-refractivity contribution in [2.75, 3.05) is 5.32 Å². The quantitative estimate of drug-likeness (QED) is 0.874. The van der Waals surface area contributed by atoms with Gasteiger partial charge in [0.15, 0.2) is 0 Å². The maximum atomic E-state index is 13.3. The molecule has 0 saturated heterocycles. The van der Waals surface area contributed by atoms with Crippen LogP contribution in [0, 0.1) is 11.6 Å². The predicted octanol–water partition coefficient (Wildman–Crippen LogP) is 2.81. The minimum atomic E-state index is -2.99. The van der Waals surface area contributed by atoms with E-state index in [-0.39, 0.29) is 10.4 Å². The van der Waals surface area contributed by atoms with Crippen molar-refractivity contribution in [3.05, 3.63) is 47.8 Å². The molecular weight excluding hydrogens is 266 g/mol. The van der Waals surface area contributed by atoms with Crippen molar-refractivity contribution in [1.82, 2.24) is 9.78 Å². The fourth-order valence-corrected chi connectivity index (χ4v) is 1.43. The number of benzene rings is 1. The molecule has 0 aliphatic rings. The monoisotopic (exact) mass is 273 g/mol. The van der Waals surface area contributed by atoms with Crippen LogP contribution in [0.3, 0.4) is 0 Å². The molecule has 1 aromatic heterocycles. The summed E-state index contributed by atoms with van der Waals surface area (Å²) in [5, 5.41) is 5.33. The summed E-state index contributed by atoms with van der Waals surface area (Å²) in [5.41, 5.74) is -0.743. The summed E-state index contributed by atoms with van der Waals surface area (Å²) in [6, 6.07) is 3.55. The van der Waals surface area contributed by atoms with E-state index in [2.05, 4.69) is 10.4 Å². The Labute approximate surface area is 104 Å². The molecule has 2 rings (SSSR count). The van der Waals surface area contributed by atoms with Crippen LogP contribution < -0.4 is 5.32 Å². The Balaban J connectivity index is 2.23. The lowest BCUT2D eigenvalue weighted by molar-refractivity contribution is 0.0520. The number of carbonyl (C=O) groups excluding carboxylic acids is 1. The molecule has 1 heterocycles. The van der Waals surface area contributed by atoms with Gasteiger partial charge in [0.25, 0.3) is 5.91 Å². The molecule has 100 valence electrons. The van der Waals surface area contributed by atoms with Crippen LogP contribution in [0.1, 0.15) is 17.0 Å². The van der Waals surface area contributed by atoms with Gasteiger partial charge in [-0.1, -0.05) is 0 Å². The zero-order valence-electron chi connectivity index (χ0n) is 9.28. The average molecular weight is 273 g/mol. The molecule has 0 bridgehead atoms. The normalized spacial score (nSPS) is 10.8. The zero-order valence-corrected chi connectivity index (χ0v) is 9.28. The number of amides is 1. The molecule has 0 aliphatic heterocycles. The maximum absolute atomic E-state index is 13.3. The van der Waals surface area contributed by atoms with Gasteiger partial charge in [-0.15, -0.1) is 0 Å². The lowest BCUT2D eigenvalue weighted by atomic mass is 10.3. The Bertz CT molecular complexity index is 612. The molecule has 19 heavy (non-hydrogen) atoms. The van der Waals surface area contributed by atoms with Crippen LogP contribution in [0.15, 0.2) is 30.5 Å². The molecule has 1 N–H and O–H groups in total. The largest absolute Gasteiger partial charge is 0.333 e. The fraction of sp³-hybridized carbons (Fsp3) is 0.0909. The van der Waals surface area contributed by atoms with E-state index in [4.69, 9.17) is 0 Å². The van der Waals surface area contributed by atoms with E-state index < -0.39 is 29.8 Å². The SMILES string of the molecule is O=C(Nc1ccc(F)cc1F)c1ccnn1C(F)F. The Morgan fingerprint density at radius 3 is 2.63 bits per heavy atom. The first-order valence-corrected chi connectivity index (χ1v) is 5.07. The summed E-state index contributed by atoms with van der Waals surface area (Å²) in [6.45, 7) is -2.99. The van der Waals surface area contributed by atoms with E-state index in [0.717, 1.165) is 24.4 Å². The van der Waals surface area contributed by atoms with E-state index >= 15 is 0 Å². The van der Waals surface area contributed by atoms with Gasteiger partial charge in [-0.2, -0.15) is 18.6 Å². The molecule has 4 nitrogen and oxygen atoms in total. The van der Waals surface area contributed by atoms with Gasteiger partial charge in [0.2, 0.25) is 0 Å². The van der Waals surface area contributed by atoms with E-state index in [1.165, 1.54) is 0 Å². The minimum absolute atomic E-state index is 0.191. The van der Waals surface area contributed by atoms with Crippen molar-refractivity contribution in [3.8, 4) is 0 Å². The van der Waals surface area contributed by atoms with Crippen molar-refractivity contribution >= 4 is 11.6 Å². The standard InChI is InChI=1S/C11H7F4N3O/c12-6-1-2-8(7(13)5-6)17-10(19)9-3-4-16-18(9)11(14)15/h1-5,11H,(H,17,19). The predicted molar refractivity (Wildman–Crippen MR) is 57.8 cm³/mol. The van der Waals surface area contributed by atoms with Crippen molar-refractivity contribution in [3.63, 3.8) is 0 Å². The highest BCUT2D eigenvalue weighted by Crippen LogP contribution is 2.17. The Hall–Kier alpha value is -2.38. The molecule has 0 aliphatic carbocycles. The van der Waals surface area contributed by atoms with E-state index in [1.807, 2.05) is 0 Å². The Morgan fingerprint density at radius 1 is 1.26 bits per heavy atom. The van der Waals surface area contributed by atoms with Crippen LogP contribution in [0.25, 0.3) is 0 Å². The first kappa shape index (κ1) is 13.1. The third-order valence-corrected chi connectivity index (χ3v) is 2.27. The number of nitrogens with one attached hydrogen (secondary N) is 1. The molecule has 0 saturated carbocycles. The van der Waals surface area contributed by atoms with Crippen LogP contribution in [0.2, 0.25) is 0 Å². The number of hydrogen-bond acceptors (Lipinski definition) is 2. The second kappa shape index (κ2) is 5.09. The zero-order chi connectivity index (χ0) is 14.0. The number of nitrogens with zero attached hydrogens (tertiary/aromatic N) is 2. The molecule has 1 amide bonds. The van der Waals surface area contributed by atoms with Crippen molar-refractivity contribution in [2.45, 2.75) is 6.55 Å². The highest BCUT2D eigenvalue weighted by atomic mass is 19.3. The van der Waals surface area contributed by atoms with Gasteiger partial charge < -0.3 is 5.32 Å². The molecule has 0 radical (unpaired) electrons. The van der Waals surface area contributed by atoms with Gasteiger partial charge in [-0.3, -0.25) is 4.79 Å². The van der Waals surface area contributed by atoms with Crippen molar-refractivity contribution in [2.24, 2.45) is 0 Å². The molecule has 8 heteroatoms. The van der Waals surface area contributed by atoms with E-state index in [0.29, 0.717) is 6.07 Å². The number of halogens is 4. The molecule has 0 unspecified atom stereocenters. The smallest absolute Gasteiger partial charge is 0.318 e. The number of carbonyl (C=O) groups is 1. The summed E-state index contributed by atoms with van der Waals surface area (Å²) < 4.78 is 51.1. The number of alkyl halides is 2. The molecule has 0 fully saturated rings. The van der Waals surface area contributed by atoms with Crippen LogP contribution in [0.5, 0.6) is 0 Å². The molecule has 0 atom stereocenters. The third-order valence-electron chi connectivity index (χ3n) is 2.27. The van der Waals surface area contributed by atoms with Crippen molar-refractivity contribution < 1.29 is 22.4 Å². The summed E-state index contributed by atoms with van der Waals surface area (Å²) in [7, 11) is 0. The lowest BCUT2D eigenvalue weighted by Crippen LogP contribution is -2.18. The second-order valence-electron chi connectivity index (χ2n) is 3.52. The lowest BCUT2D eigenvalue weighted by Gasteiger charge is -2.08. The van der Waals surface area contributed by atoms with Gasteiger partial charge in [0.05, 0.1) is 5.69 Å². The van der Waals surface area contributed by atoms with Gasteiger partial charge in [-0.05, 0) is 18.2 Å². The molecule has 2 aromatic rings. The highest BCUT2D eigenvalue weighted by molar-refractivity contribution is 6.03. The van der Waals surface area contributed by atoms with Crippen LogP contribution in [0.4, 0.5) is 23.2 Å². The summed E-state index contributed by atoms with van der Waals surface area (Å²) in [6.07, 6.45) is 1.02. The van der Waals surface area contributed by atoms with Crippen LogP contribution in [-0.2, 0) is 0 Å². The molecule has 1 aromatic carbocycles. The first-order chi connectivity index (χ1) is 8.99. The van der Waals surface area contributed by atoms with E-state index in [9.17, 15) is 22.4 Å². The molecule has 0 spiro atoms. The second-order valence-corrected chi connectivity index (χ2v) is 3.52.